The van der Waals surface area contributed by atoms with Gasteiger partial charge >= 0.3 is 146 Å². The molecule has 0 fully saturated rings. The summed E-state index contributed by atoms with van der Waals surface area (Å²) in [6, 6.07) is 22.9. The summed E-state index contributed by atoms with van der Waals surface area (Å²) in [6.45, 7) is 28.6. The number of aliphatic hydroxyl groups is 1. The largest absolute Gasteiger partial charge is 1.00 e. The Balaban J connectivity index is -0.000000136. The van der Waals surface area contributed by atoms with Crippen LogP contribution in [0.3, 0.4) is 0 Å². The van der Waals surface area contributed by atoms with Gasteiger partial charge in [0.15, 0.2) is 17.4 Å². The summed E-state index contributed by atoms with van der Waals surface area (Å²) in [5, 5.41) is 46.7. The summed E-state index contributed by atoms with van der Waals surface area (Å²) in [4.78, 5) is 64.9. The first kappa shape index (κ1) is 116. The molecule has 0 aliphatic carbocycles. The van der Waals surface area contributed by atoms with Crippen LogP contribution < -0.4 is 146 Å². The first-order valence-corrected chi connectivity index (χ1v) is 36.3. The molecule has 3 aliphatic rings. The molecule has 110 heavy (non-hydrogen) atoms. The minimum atomic E-state index is -1.67. The van der Waals surface area contributed by atoms with E-state index in [-0.39, 0.29) is 204 Å². The zero-order valence-corrected chi connectivity index (χ0v) is 77.6. The van der Waals surface area contributed by atoms with Gasteiger partial charge in [0.05, 0.1) is 49.5 Å². The van der Waals surface area contributed by atoms with Gasteiger partial charge in [-0.2, -0.15) is 0 Å². The Hall–Kier alpha value is -2.54. The number of hydrogen-bond donors (Lipinski definition) is 4. The van der Waals surface area contributed by atoms with Crippen molar-refractivity contribution in [2.24, 2.45) is 0 Å². The minimum Gasteiger partial charge on any atom is -1.00 e. The molecule has 3 heterocycles. The number of carboxylic acid groups (broad SMARTS) is 1. The van der Waals surface area contributed by atoms with E-state index in [1.165, 1.54) is 58.8 Å². The van der Waals surface area contributed by atoms with E-state index < -0.39 is 40.3 Å². The molecule has 0 amide bonds. The second-order valence-corrected chi connectivity index (χ2v) is 29.3. The van der Waals surface area contributed by atoms with Crippen molar-refractivity contribution in [2.75, 3.05) is 48.1 Å². The van der Waals surface area contributed by atoms with Gasteiger partial charge in [-0.05, 0) is 170 Å². The molecule has 21 nitrogen and oxygen atoms in total. The van der Waals surface area contributed by atoms with Crippen molar-refractivity contribution in [1.29, 1.82) is 0 Å². The molecule has 0 bridgehead atoms. The number of hydrogen-bond acceptors (Lipinski definition) is 20. The average molecular weight is 1830 g/mol. The Kier molecular flexibility index (Phi) is 65.1. The maximum atomic E-state index is 11.6. The Morgan fingerprint density at radius 1 is 0.600 bits per heavy atom. The number of phenols is 2. The van der Waals surface area contributed by atoms with Crippen LogP contribution in [0, 0.1) is 0 Å². The number of rotatable bonds is 13. The Labute approximate surface area is 808 Å². The molecule has 0 spiro atoms. The summed E-state index contributed by atoms with van der Waals surface area (Å²) in [5.41, 5.74) is 8.55. The number of halogens is 11. The predicted octanol–water partition coefficient (Wildman–Crippen LogP) is 9.15. The SMILES string of the molecule is C=C(C)CCl.C=C(C)COc1ccc(Cl)cc1C(=O)OC.C=C(C)Cc1cc(Cl)cc(C(=O)OC)c1O.CC1(C)Cc2cc(Cl)cc(CCl)c2O1.CC1(C)Cc2cc(Cl)cc(CO)c2O1.COC(=O)c1cc(Cl)cc2c1OC(C)(C)C2.COC(=O)c1cc(Cl)ccc1O.O=CO.O=CO[O-].O=S(Cl)Cl.[2HH].[2HH].[2H]CF.[AlH3].[H-].[H-].[K+].[K+].[Li+]. The number of ether oxygens (including phenoxy) is 8. The first-order chi connectivity index (χ1) is 49.8. The summed E-state index contributed by atoms with van der Waals surface area (Å²) < 4.78 is 65.6. The van der Waals surface area contributed by atoms with Crippen molar-refractivity contribution in [3.63, 3.8) is 0 Å². The van der Waals surface area contributed by atoms with Gasteiger partial charge in [-0.3, -0.25) is 14.0 Å². The maximum absolute atomic E-state index is 11.6. The van der Waals surface area contributed by atoms with E-state index in [0.717, 1.165) is 80.3 Å². The van der Waals surface area contributed by atoms with E-state index in [4.69, 9.17) is 147 Å². The van der Waals surface area contributed by atoms with Crippen LogP contribution in [0.4, 0.5) is 4.39 Å². The number of aliphatic hydroxyl groups excluding tert-OH is 1. The fraction of sp³-hybridized carbons (Fsp3) is 0.342. The van der Waals surface area contributed by atoms with Crippen LogP contribution in [-0.4, -0.2) is 144 Å². The number of carbonyl (C=O) groups is 6. The zero-order chi connectivity index (χ0) is 82.9. The Morgan fingerprint density at radius 3 is 1.30 bits per heavy atom. The van der Waals surface area contributed by atoms with E-state index >= 15 is 0 Å². The molecule has 0 atom stereocenters. The van der Waals surface area contributed by atoms with Crippen LogP contribution in [0.5, 0.6) is 34.5 Å². The molecule has 6 aromatic rings. The molecule has 0 radical (unpaired) electrons. The van der Waals surface area contributed by atoms with E-state index in [1.807, 2.05) is 72.7 Å². The van der Waals surface area contributed by atoms with Gasteiger partial charge in [0.25, 0.3) is 12.9 Å². The molecule has 0 unspecified atom stereocenters. The Morgan fingerprint density at radius 2 is 0.918 bits per heavy atom. The number of phenolic OH excluding ortho intramolecular Hbond substituents is 2. The molecule has 3 aliphatic heterocycles. The van der Waals surface area contributed by atoms with E-state index in [0.29, 0.717) is 78.1 Å². The van der Waals surface area contributed by atoms with Crippen LogP contribution in [-0.2, 0) is 80.8 Å². The third-order valence-corrected chi connectivity index (χ3v) is 14.8. The third kappa shape index (κ3) is 46.4. The van der Waals surface area contributed by atoms with Crippen molar-refractivity contribution in [3.05, 3.63) is 207 Å². The number of carbonyl (C=O) groups excluding carboxylic acids is 5. The van der Waals surface area contributed by atoms with Crippen molar-refractivity contribution in [2.45, 2.75) is 117 Å². The summed E-state index contributed by atoms with van der Waals surface area (Å²) in [5.74, 6) is 1.47. The van der Waals surface area contributed by atoms with Gasteiger partial charge in [0.2, 0.25) is 9.23 Å². The number of allylic oxidation sites excluding steroid dienone is 2. The second-order valence-electron chi connectivity index (χ2n) is 23.6. The number of alkyl halides is 3. The van der Waals surface area contributed by atoms with E-state index in [9.17, 15) is 33.8 Å². The van der Waals surface area contributed by atoms with Crippen LogP contribution >= 0.6 is 114 Å². The standard InChI is InChI=1S/3C12H13ClO3.C11H12Cl2O.C11H13ClO2.C8H7ClO3.C4H7Cl.CH3F.CH2O3.CH2O2.Al.Cl2OS.2K.Li.2H2.5H/c1-12(2)6-7-4-8(13)5-9(10(7)16-12)11(14)15-3;1-7(2)4-8-5-9(13)6-10(11(8)14)12(15)16-3;1-8(2)7-16-11-5-4-9(13)6-10(11)12(14)15-3;1-11(2)5-7-3-9(13)4-8(6-12)10(7)14-11;1-11(2)5-7-3-9(12)4-8(6-13)10(7)14-11;1-12-8(11)6-4-5(9)2-3-7(6)10;1-4(2)3-5;1-2;2-1-4-3;2-1-3;;1-4(2)3;;;;;;;;;;/h4-5H,6H2,1-3H3;5-6,14H,1,4H2,2-3H3;4-6H,1,7H2,2-3H3;3-4H,5-6H2,1-2H3;3-4,13H,5-6H2,1-2H3;2-4,10H,1H3;1,3H2,2H3;1H3;1,3H;1H,(H,2,3);;;;;;2*1H;;;;;/q;;;;;;;;;;;;3*+1;;;;;;2*-1/p-1/i;;;;;;;1D;;;;;;;;2*1+1;;;;;. The van der Waals surface area contributed by atoms with Gasteiger partial charge in [-0.15, -0.1) is 23.2 Å². The number of methoxy groups -OCH3 is 4. The van der Waals surface area contributed by atoms with Crippen LogP contribution in [0.25, 0.3) is 0 Å². The molecule has 0 saturated heterocycles. The van der Waals surface area contributed by atoms with Crippen molar-refractivity contribution in [1.82, 2.24) is 0 Å². The normalized spacial score (nSPS) is 11.9. The third-order valence-electron chi connectivity index (χ3n) is 12.8. The molecule has 0 aromatic heterocycles. The molecule has 0 saturated carbocycles. The van der Waals surface area contributed by atoms with E-state index in [1.54, 1.807) is 30.3 Å². The molecule has 37 heteroatoms. The molecule has 6 aromatic carbocycles. The van der Waals surface area contributed by atoms with Crippen molar-refractivity contribution >= 4 is 178 Å². The number of aromatic hydroxyl groups is 2. The van der Waals surface area contributed by atoms with Crippen LogP contribution in [0.1, 0.15) is 144 Å². The van der Waals surface area contributed by atoms with Crippen molar-refractivity contribution in [3.8, 4) is 34.5 Å². The fourth-order valence-corrected chi connectivity index (χ4v) is 10.5. The number of fused-ring (bicyclic) bond motifs is 3. The second kappa shape index (κ2) is 61.8. The average Bonchev–Trinajstić information content (AvgIpc) is 1.78. The first-order valence-electron chi connectivity index (χ1n) is 30.9. The predicted molar refractivity (Wildman–Crippen MR) is 432 cm³/mol. The van der Waals surface area contributed by atoms with Crippen molar-refractivity contribution < 1.29 is 235 Å². The monoisotopic (exact) mass is 1820 g/mol. The quantitative estimate of drug-likeness (QED) is 0.00963. The molecule has 9 rings (SSSR count). The topological polar surface area (TPSA) is 307 Å². The summed E-state index contributed by atoms with van der Waals surface area (Å²) in [7, 11) is 11.5. The van der Waals surface area contributed by atoms with Gasteiger partial charge in [-0.25, -0.2) is 23.4 Å². The molecular weight excluding hydrogens is 1730 g/mol. The smallest absolute Gasteiger partial charge is 1.00 e. The van der Waals surface area contributed by atoms with E-state index in [2.05, 4.69) is 74.0 Å². The van der Waals surface area contributed by atoms with Crippen LogP contribution in [0.15, 0.2) is 121 Å². The fourth-order valence-electron chi connectivity index (χ4n) is 8.90. The van der Waals surface area contributed by atoms with Crippen LogP contribution in [0.2, 0.25) is 30.1 Å². The number of esters is 4. The molecule has 600 valence electrons. The zero-order valence-electron chi connectivity index (χ0n) is 66.0. The molecular formula is C73H93AlCl10FK2LiO21S. The maximum Gasteiger partial charge on any atom is 1.00 e. The summed E-state index contributed by atoms with van der Waals surface area (Å²) in [6.07, 6.45) is 2.95. The van der Waals surface area contributed by atoms with Gasteiger partial charge in [-0.1, -0.05) is 100 Å². The minimum absolute atomic E-state index is 0. The van der Waals surface area contributed by atoms with Gasteiger partial charge < -0.3 is 71.3 Å². The molecule has 4 N–H and O–H groups in total. The Bertz CT molecular complexity index is 3950. The van der Waals surface area contributed by atoms with Gasteiger partial charge in [0.1, 0.15) is 80.2 Å². The summed E-state index contributed by atoms with van der Waals surface area (Å²) >= 11 is 46.2. The number of benzene rings is 6. The van der Waals surface area contributed by atoms with Gasteiger partial charge in [0, 0.05) is 102 Å².